The largest absolute Gasteiger partial charge is 0.342 e. The average Bonchev–Trinajstić information content (AvgIpc) is 3.23. The summed E-state index contributed by atoms with van der Waals surface area (Å²) in [4.78, 5) is 19.1. The summed E-state index contributed by atoms with van der Waals surface area (Å²) in [6.07, 6.45) is 5.07. The molecule has 3 atom stereocenters. The zero-order valence-electron chi connectivity index (χ0n) is 16.0. The number of halogens is 1. The van der Waals surface area contributed by atoms with Crippen molar-refractivity contribution in [2.45, 2.75) is 37.6 Å². The molecule has 3 heterocycles. The first-order chi connectivity index (χ1) is 13.7. The minimum absolute atomic E-state index is 0.207. The number of hydrogen-bond acceptors (Lipinski definition) is 4. The van der Waals surface area contributed by atoms with E-state index in [0.29, 0.717) is 18.8 Å². The summed E-state index contributed by atoms with van der Waals surface area (Å²) in [6, 6.07) is 12.9. The van der Waals surface area contributed by atoms with Crippen molar-refractivity contribution in [3.8, 4) is 0 Å². The topological polar surface area (TPSA) is 57.3 Å². The van der Waals surface area contributed by atoms with E-state index in [1.54, 1.807) is 6.20 Å². The molecule has 4 rings (SSSR count). The zero-order valence-corrected chi connectivity index (χ0v) is 16.0. The van der Waals surface area contributed by atoms with Gasteiger partial charge in [-0.15, -0.1) is 0 Å². The lowest BCUT2D eigenvalue weighted by Gasteiger charge is -2.37. The van der Waals surface area contributed by atoms with Gasteiger partial charge in [0, 0.05) is 49.9 Å². The van der Waals surface area contributed by atoms with Gasteiger partial charge in [0.2, 0.25) is 5.91 Å². The number of hydrogen-bond donors (Lipinski definition) is 2. The highest BCUT2D eigenvalue weighted by atomic mass is 19.1. The molecule has 2 saturated heterocycles. The summed E-state index contributed by atoms with van der Waals surface area (Å²) in [6.45, 7) is 2.43. The van der Waals surface area contributed by atoms with Gasteiger partial charge in [0.25, 0.3) is 0 Å². The van der Waals surface area contributed by atoms with Crippen molar-refractivity contribution in [2.75, 3.05) is 19.6 Å². The van der Waals surface area contributed by atoms with E-state index in [-0.39, 0.29) is 23.7 Å². The normalized spacial score (nSPS) is 25.0. The number of nitrogens with one attached hydrogen (secondary N) is 2. The molecule has 2 N–H and O–H groups in total. The number of piperidine rings is 1. The van der Waals surface area contributed by atoms with E-state index in [2.05, 4.69) is 15.8 Å². The molecule has 6 heteroatoms. The van der Waals surface area contributed by atoms with Crippen LogP contribution in [0.4, 0.5) is 4.39 Å². The Morgan fingerprint density at radius 1 is 1.21 bits per heavy atom. The molecule has 5 nitrogen and oxygen atoms in total. The van der Waals surface area contributed by atoms with Crippen LogP contribution in [0.3, 0.4) is 0 Å². The van der Waals surface area contributed by atoms with Gasteiger partial charge in [-0.2, -0.15) is 0 Å². The van der Waals surface area contributed by atoms with E-state index in [1.807, 2.05) is 35.2 Å². The van der Waals surface area contributed by atoms with Crippen LogP contribution < -0.4 is 10.9 Å². The van der Waals surface area contributed by atoms with Crippen LogP contribution in [0.25, 0.3) is 0 Å². The van der Waals surface area contributed by atoms with Gasteiger partial charge in [0.1, 0.15) is 5.82 Å². The Morgan fingerprint density at radius 2 is 2.07 bits per heavy atom. The molecule has 3 unspecified atom stereocenters. The van der Waals surface area contributed by atoms with Gasteiger partial charge in [-0.3, -0.25) is 20.6 Å². The Labute approximate surface area is 165 Å². The fourth-order valence-electron chi connectivity index (χ4n) is 4.46. The molecule has 0 aliphatic carbocycles. The standard InChI is InChI=1S/C22H27FN4O/c23-18-8-6-16(7-9-18)20-14-25-26-22(20)17-4-3-13-27(15-17)21(28)11-10-19-5-1-2-12-24-19/h1-2,5-9,12,17,20,22,25-26H,3-4,10-11,13-15H2. The van der Waals surface area contributed by atoms with E-state index < -0.39 is 0 Å². The number of aromatic nitrogens is 1. The lowest BCUT2D eigenvalue weighted by molar-refractivity contribution is -0.133. The van der Waals surface area contributed by atoms with Gasteiger partial charge in [0.15, 0.2) is 0 Å². The molecule has 0 radical (unpaired) electrons. The van der Waals surface area contributed by atoms with Gasteiger partial charge in [-0.25, -0.2) is 4.39 Å². The number of carbonyl (C=O) groups is 1. The Morgan fingerprint density at radius 3 is 2.86 bits per heavy atom. The number of aryl methyl sites for hydroxylation is 1. The second kappa shape index (κ2) is 8.80. The second-order valence-corrected chi connectivity index (χ2v) is 7.77. The van der Waals surface area contributed by atoms with Crippen LogP contribution in [0.2, 0.25) is 0 Å². The van der Waals surface area contributed by atoms with E-state index in [4.69, 9.17) is 0 Å². The van der Waals surface area contributed by atoms with Gasteiger partial charge >= 0.3 is 0 Å². The van der Waals surface area contributed by atoms with Crippen LogP contribution in [-0.2, 0) is 11.2 Å². The van der Waals surface area contributed by atoms with E-state index in [1.165, 1.54) is 12.1 Å². The third kappa shape index (κ3) is 4.39. The summed E-state index contributed by atoms with van der Waals surface area (Å²) < 4.78 is 13.3. The Kier molecular flexibility index (Phi) is 5.98. The first-order valence-electron chi connectivity index (χ1n) is 10.1. The maximum Gasteiger partial charge on any atom is 0.222 e. The third-order valence-electron chi connectivity index (χ3n) is 5.96. The molecule has 148 valence electrons. The van der Waals surface area contributed by atoms with Crippen LogP contribution in [0.1, 0.15) is 36.4 Å². The maximum absolute atomic E-state index is 13.3. The molecule has 1 aromatic carbocycles. The number of benzene rings is 1. The molecule has 1 amide bonds. The van der Waals surface area contributed by atoms with Crippen molar-refractivity contribution >= 4 is 5.91 Å². The Balaban J connectivity index is 1.37. The smallest absolute Gasteiger partial charge is 0.222 e. The number of hydrazine groups is 1. The average molecular weight is 382 g/mol. The summed E-state index contributed by atoms with van der Waals surface area (Å²) in [7, 11) is 0. The molecular formula is C22H27FN4O. The van der Waals surface area contributed by atoms with Crippen molar-refractivity contribution in [1.82, 2.24) is 20.7 Å². The third-order valence-corrected chi connectivity index (χ3v) is 5.96. The fraction of sp³-hybridized carbons (Fsp3) is 0.455. The van der Waals surface area contributed by atoms with Gasteiger partial charge in [-0.1, -0.05) is 18.2 Å². The number of amides is 1. The van der Waals surface area contributed by atoms with Gasteiger partial charge in [0.05, 0.1) is 0 Å². The van der Waals surface area contributed by atoms with Crippen molar-refractivity contribution in [3.05, 3.63) is 65.7 Å². The van der Waals surface area contributed by atoms with E-state index >= 15 is 0 Å². The quantitative estimate of drug-likeness (QED) is 0.835. The fourth-order valence-corrected chi connectivity index (χ4v) is 4.46. The second-order valence-electron chi connectivity index (χ2n) is 7.77. The highest BCUT2D eigenvalue weighted by Crippen LogP contribution is 2.32. The van der Waals surface area contributed by atoms with Crippen LogP contribution >= 0.6 is 0 Å². The Bertz CT molecular complexity index is 783. The molecular weight excluding hydrogens is 355 g/mol. The molecule has 2 aliphatic heterocycles. The van der Waals surface area contributed by atoms with Crippen molar-refractivity contribution in [1.29, 1.82) is 0 Å². The van der Waals surface area contributed by atoms with Crippen LogP contribution in [0, 0.1) is 11.7 Å². The first kappa shape index (κ1) is 19.0. The van der Waals surface area contributed by atoms with Crippen molar-refractivity contribution < 1.29 is 9.18 Å². The van der Waals surface area contributed by atoms with Crippen molar-refractivity contribution in [2.24, 2.45) is 5.92 Å². The van der Waals surface area contributed by atoms with E-state index in [9.17, 15) is 9.18 Å². The van der Waals surface area contributed by atoms with Crippen LogP contribution in [0.5, 0.6) is 0 Å². The monoisotopic (exact) mass is 382 g/mol. The number of nitrogens with zero attached hydrogens (tertiary/aromatic N) is 2. The molecule has 0 bridgehead atoms. The number of likely N-dealkylation sites (tertiary alicyclic amines) is 1. The minimum Gasteiger partial charge on any atom is -0.342 e. The van der Waals surface area contributed by atoms with Gasteiger partial charge < -0.3 is 4.90 Å². The molecule has 2 fully saturated rings. The molecule has 0 spiro atoms. The first-order valence-corrected chi connectivity index (χ1v) is 10.1. The molecule has 28 heavy (non-hydrogen) atoms. The zero-order chi connectivity index (χ0) is 19.3. The summed E-state index contributed by atoms with van der Waals surface area (Å²) in [5.74, 6) is 0.674. The van der Waals surface area contributed by atoms with Crippen molar-refractivity contribution in [3.63, 3.8) is 0 Å². The number of rotatable bonds is 5. The SMILES string of the molecule is O=C(CCc1ccccn1)N1CCCC(C2NNCC2c2ccc(F)cc2)C1. The summed E-state index contributed by atoms with van der Waals surface area (Å²) in [5.41, 5.74) is 8.78. The molecule has 2 aromatic rings. The van der Waals surface area contributed by atoms with E-state index in [0.717, 1.165) is 43.7 Å². The highest BCUT2D eigenvalue weighted by Gasteiger charge is 2.37. The maximum atomic E-state index is 13.3. The predicted molar refractivity (Wildman–Crippen MR) is 106 cm³/mol. The lowest BCUT2D eigenvalue weighted by atomic mass is 9.81. The summed E-state index contributed by atoms with van der Waals surface area (Å²) >= 11 is 0. The lowest BCUT2D eigenvalue weighted by Crippen LogP contribution is -2.48. The number of carbonyl (C=O) groups excluding carboxylic acids is 1. The predicted octanol–water partition coefficient (Wildman–Crippen LogP) is 2.65. The highest BCUT2D eigenvalue weighted by molar-refractivity contribution is 5.76. The Hall–Kier alpha value is -2.31. The van der Waals surface area contributed by atoms with Crippen LogP contribution in [0.15, 0.2) is 48.7 Å². The van der Waals surface area contributed by atoms with Gasteiger partial charge in [-0.05, 0) is 55.0 Å². The molecule has 0 saturated carbocycles. The summed E-state index contributed by atoms with van der Waals surface area (Å²) in [5, 5.41) is 0. The minimum atomic E-state index is -0.207. The number of pyridine rings is 1. The molecule has 2 aliphatic rings. The van der Waals surface area contributed by atoms with Crippen LogP contribution in [-0.4, -0.2) is 41.5 Å². The molecule has 1 aromatic heterocycles.